The maximum Gasteiger partial charge on any atom is 0.337 e. The highest BCUT2D eigenvalue weighted by Gasteiger charge is 2.16. The molecule has 0 fully saturated rings. The molecular formula is C63H63N3O10. The number of hydrogen-bond acceptors (Lipinski definition) is 12. The molecule has 0 amide bonds. The number of carboxylic acids is 1. The molecule has 390 valence electrons. The number of nitrogens with one attached hydrogen (secondary N) is 2. The first-order valence-corrected chi connectivity index (χ1v) is 25.6. The zero-order chi connectivity index (χ0) is 52.8. The van der Waals surface area contributed by atoms with Gasteiger partial charge in [0.05, 0.1) is 11.3 Å². The van der Waals surface area contributed by atoms with Gasteiger partial charge in [0.15, 0.2) is 34.5 Å². The Morgan fingerprint density at radius 3 is 1.20 bits per heavy atom. The van der Waals surface area contributed by atoms with Crippen LogP contribution in [0.4, 0.5) is 28.4 Å². The lowest BCUT2D eigenvalue weighted by Crippen LogP contribution is -2.15. The number of fused-ring (bicyclic) bond motifs is 3. The molecule has 3 heterocycles. The standard InChI is InChI=1S/C23H21NO5.C23H23NO3.C17H19NO2/c25-18-3-1-2-17(14-18)24-20-12-15(6-8-19(20)23(26)27)4-5-16-7-9-21-22(13-16)29-11-10-28-21;1-16-5-6-17(13-21(16)24-19-3-2-4-20(25)15-19)7-8-18-9-10-22-23(14-18)27-12-11-26-22;1-12-2-3-13(10-15(12)18)4-5-14-6-7-16-17(11-14)20-9-8-19-16/h1-3,6-9,12-14,24-25H,4-5,10-11H2,(H,26,27);2-6,9-10,13-15,24-25H,7-8,11-12H2,1H3;2-3,6-7,10-11H,4-5,8-9,18H2,1H3. The van der Waals surface area contributed by atoms with Crippen LogP contribution in [0.5, 0.6) is 46.0 Å². The van der Waals surface area contributed by atoms with Crippen LogP contribution in [0, 0.1) is 13.8 Å². The fourth-order valence-corrected chi connectivity index (χ4v) is 8.92. The molecule has 0 aliphatic carbocycles. The van der Waals surface area contributed by atoms with Crippen LogP contribution >= 0.6 is 0 Å². The predicted molar refractivity (Wildman–Crippen MR) is 297 cm³/mol. The molecule has 7 N–H and O–H groups in total. The van der Waals surface area contributed by atoms with Crippen LogP contribution < -0.4 is 44.8 Å². The van der Waals surface area contributed by atoms with Crippen LogP contribution in [-0.2, 0) is 38.5 Å². The molecule has 8 aromatic rings. The number of benzene rings is 8. The fourth-order valence-electron chi connectivity index (χ4n) is 8.92. The fraction of sp³-hybridized carbons (Fsp3) is 0.222. The topological polar surface area (TPSA) is 183 Å². The number of carboxylic acid groups (broad SMARTS) is 1. The predicted octanol–water partition coefficient (Wildman–Crippen LogP) is 12.5. The summed E-state index contributed by atoms with van der Waals surface area (Å²) in [6, 6.07) is 50.1. The Labute approximate surface area is 443 Å². The van der Waals surface area contributed by atoms with Crippen molar-refractivity contribution in [2.24, 2.45) is 0 Å². The van der Waals surface area contributed by atoms with E-state index >= 15 is 0 Å². The maximum atomic E-state index is 11.6. The number of ether oxygens (including phenoxy) is 6. The van der Waals surface area contributed by atoms with Crippen molar-refractivity contribution in [3.63, 3.8) is 0 Å². The zero-order valence-corrected chi connectivity index (χ0v) is 42.8. The summed E-state index contributed by atoms with van der Waals surface area (Å²) in [7, 11) is 0. The van der Waals surface area contributed by atoms with Crippen molar-refractivity contribution in [3.8, 4) is 46.0 Å². The van der Waals surface area contributed by atoms with E-state index < -0.39 is 5.97 Å². The Balaban J connectivity index is 0.000000142. The number of nitrogen functional groups attached to an aromatic ring is 1. The number of aryl methyl sites for hydroxylation is 8. The summed E-state index contributed by atoms with van der Waals surface area (Å²) in [5, 5.41) is 35.3. The van der Waals surface area contributed by atoms with Gasteiger partial charge in [-0.05, 0) is 182 Å². The SMILES string of the molecule is Cc1ccc(CCc2ccc3c(c2)OCCO3)cc1N.Cc1ccc(CCc2ccc3c(c2)OCCO3)cc1Nc1cccc(O)c1.O=C(O)c1ccc(CCc2ccc3c(c2)OCCO3)cc1Nc1cccc(O)c1. The third-order valence-corrected chi connectivity index (χ3v) is 13.1. The van der Waals surface area contributed by atoms with Crippen LogP contribution in [0.3, 0.4) is 0 Å². The number of phenolic OH excluding ortho intramolecular Hbond substituents is 2. The van der Waals surface area contributed by atoms with Crippen molar-refractivity contribution in [2.75, 3.05) is 56.0 Å². The number of aromatic hydroxyl groups is 2. The molecule has 13 nitrogen and oxygen atoms in total. The number of aromatic carboxylic acids is 1. The monoisotopic (exact) mass is 1020 g/mol. The largest absolute Gasteiger partial charge is 0.508 e. The number of nitrogens with two attached hydrogens (primary N) is 1. The van der Waals surface area contributed by atoms with Gasteiger partial charge in [-0.15, -0.1) is 0 Å². The highest BCUT2D eigenvalue weighted by molar-refractivity contribution is 5.95. The van der Waals surface area contributed by atoms with Crippen molar-refractivity contribution in [2.45, 2.75) is 52.4 Å². The van der Waals surface area contributed by atoms with Gasteiger partial charge < -0.3 is 60.1 Å². The third-order valence-electron chi connectivity index (χ3n) is 13.1. The van der Waals surface area contributed by atoms with Crippen molar-refractivity contribution >= 4 is 34.4 Å². The average molecular weight is 1020 g/mol. The first kappa shape index (κ1) is 51.9. The first-order valence-electron chi connectivity index (χ1n) is 25.6. The Kier molecular flexibility index (Phi) is 17.0. The summed E-state index contributed by atoms with van der Waals surface area (Å²) >= 11 is 0. The van der Waals surface area contributed by atoms with Gasteiger partial charge in [-0.1, -0.05) is 60.7 Å². The molecule has 0 spiro atoms. The van der Waals surface area contributed by atoms with Gasteiger partial charge in [0.25, 0.3) is 0 Å². The lowest BCUT2D eigenvalue weighted by atomic mass is 10.0. The molecule has 3 aliphatic heterocycles. The molecule has 0 radical (unpaired) electrons. The van der Waals surface area contributed by atoms with Crippen LogP contribution in [0.1, 0.15) is 54.9 Å². The average Bonchev–Trinajstić information content (AvgIpc) is 3.43. The van der Waals surface area contributed by atoms with Crippen molar-refractivity contribution in [1.29, 1.82) is 0 Å². The minimum atomic E-state index is -1.01. The highest BCUT2D eigenvalue weighted by Crippen LogP contribution is 2.35. The van der Waals surface area contributed by atoms with Crippen molar-refractivity contribution < 1.29 is 48.5 Å². The van der Waals surface area contributed by atoms with E-state index in [1.165, 1.54) is 27.8 Å². The van der Waals surface area contributed by atoms with Crippen LogP contribution in [-0.4, -0.2) is 60.9 Å². The normalized spacial score (nSPS) is 12.7. The van der Waals surface area contributed by atoms with Gasteiger partial charge in [0, 0.05) is 34.9 Å². The smallest absolute Gasteiger partial charge is 0.337 e. The second-order valence-electron chi connectivity index (χ2n) is 18.8. The van der Waals surface area contributed by atoms with Gasteiger partial charge in [-0.2, -0.15) is 0 Å². The Hall–Kier alpha value is -8.97. The minimum absolute atomic E-state index is 0.113. The molecule has 8 aromatic carbocycles. The van der Waals surface area contributed by atoms with E-state index in [-0.39, 0.29) is 17.1 Å². The molecule has 76 heavy (non-hydrogen) atoms. The summed E-state index contributed by atoms with van der Waals surface area (Å²) in [4.78, 5) is 11.6. The Morgan fingerprint density at radius 1 is 0.421 bits per heavy atom. The molecule has 0 bridgehead atoms. The second kappa shape index (κ2) is 24.8. The molecule has 13 heteroatoms. The molecule has 0 aromatic heterocycles. The van der Waals surface area contributed by atoms with E-state index in [0.717, 1.165) is 107 Å². The Bertz CT molecular complexity index is 3300. The number of phenols is 2. The first-order chi connectivity index (χ1) is 37.0. The molecule has 3 aliphatic rings. The van der Waals surface area contributed by atoms with E-state index in [4.69, 9.17) is 34.2 Å². The van der Waals surface area contributed by atoms with Gasteiger partial charge in [0.2, 0.25) is 0 Å². The van der Waals surface area contributed by atoms with E-state index in [9.17, 15) is 20.1 Å². The van der Waals surface area contributed by atoms with Crippen molar-refractivity contribution in [1.82, 2.24) is 0 Å². The van der Waals surface area contributed by atoms with E-state index in [1.54, 1.807) is 42.5 Å². The van der Waals surface area contributed by atoms with Crippen LogP contribution in [0.25, 0.3) is 0 Å². The van der Waals surface area contributed by atoms with Gasteiger partial charge in [-0.3, -0.25) is 0 Å². The third kappa shape index (κ3) is 14.2. The minimum Gasteiger partial charge on any atom is -0.508 e. The zero-order valence-electron chi connectivity index (χ0n) is 42.8. The van der Waals surface area contributed by atoms with Gasteiger partial charge in [0.1, 0.15) is 51.1 Å². The number of anilines is 5. The number of rotatable bonds is 14. The highest BCUT2D eigenvalue weighted by atomic mass is 16.6. The Morgan fingerprint density at radius 2 is 0.776 bits per heavy atom. The lowest BCUT2D eigenvalue weighted by molar-refractivity contribution is 0.0698. The van der Waals surface area contributed by atoms with Gasteiger partial charge in [-0.25, -0.2) is 4.79 Å². The summed E-state index contributed by atoms with van der Waals surface area (Å²) in [5.41, 5.74) is 19.5. The molecule has 0 atom stereocenters. The molecular weight excluding hydrogens is 959 g/mol. The maximum absolute atomic E-state index is 11.6. The summed E-state index contributed by atoms with van der Waals surface area (Å²) in [5.74, 6) is 4.27. The molecule has 0 saturated heterocycles. The van der Waals surface area contributed by atoms with Gasteiger partial charge >= 0.3 is 5.97 Å². The molecule has 0 saturated carbocycles. The van der Waals surface area contributed by atoms with E-state index in [2.05, 4.69) is 78.2 Å². The van der Waals surface area contributed by atoms with E-state index in [0.29, 0.717) is 51.0 Å². The summed E-state index contributed by atoms with van der Waals surface area (Å²) in [6.45, 7) is 7.72. The summed E-state index contributed by atoms with van der Waals surface area (Å²) < 4.78 is 33.6. The van der Waals surface area contributed by atoms with E-state index in [1.807, 2.05) is 61.5 Å². The number of hydrogen-bond donors (Lipinski definition) is 6. The summed E-state index contributed by atoms with van der Waals surface area (Å²) in [6.07, 6.45) is 5.35. The molecule has 0 unspecified atom stereocenters. The van der Waals surface area contributed by atoms with Crippen molar-refractivity contribution in [3.05, 3.63) is 208 Å². The number of carbonyl (C=O) groups is 1. The lowest BCUT2D eigenvalue weighted by Gasteiger charge is -2.19. The van der Waals surface area contributed by atoms with Crippen LogP contribution in [0.2, 0.25) is 0 Å². The second-order valence-corrected chi connectivity index (χ2v) is 18.8. The quantitative estimate of drug-likeness (QED) is 0.0566. The van der Waals surface area contributed by atoms with Crippen LogP contribution in [0.15, 0.2) is 158 Å². The molecule has 11 rings (SSSR count).